The molecule has 5 heteroatoms. The van der Waals surface area contributed by atoms with Gasteiger partial charge in [-0.25, -0.2) is 4.79 Å². The van der Waals surface area contributed by atoms with Gasteiger partial charge in [0.25, 0.3) is 0 Å². The zero-order valence-corrected chi connectivity index (χ0v) is 13.7. The van der Waals surface area contributed by atoms with E-state index in [-0.39, 0.29) is 17.7 Å². The van der Waals surface area contributed by atoms with Crippen LogP contribution >= 0.6 is 11.8 Å². The van der Waals surface area contributed by atoms with E-state index >= 15 is 0 Å². The summed E-state index contributed by atoms with van der Waals surface area (Å²) in [6.45, 7) is 0.787. The van der Waals surface area contributed by atoms with Crippen molar-refractivity contribution < 1.29 is 9.53 Å². The van der Waals surface area contributed by atoms with Gasteiger partial charge in [0.2, 0.25) is 0 Å². The number of carbonyl (C=O) groups is 1. The van der Waals surface area contributed by atoms with Crippen molar-refractivity contribution in [2.45, 2.75) is 75.5 Å². The van der Waals surface area contributed by atoms with Crippen molar-refractivity contribution in [2.24, 2.45) is 0 Å². The standard InChI is InChI=1S/C16H28N2O2S/c19-15(17-13-5-3-1-2-4-6-13)18-14-7-9-20-16(11-14)8-10-21-12-16/h13-14H,1-12H2,(H2,17,18,19)/t14-,16+/m0/s1. The molecule has 0 unspecified atom stereocenters. The Kier molecular flexibility index (Phi) is 5.33. The van der Waals surface area contributed by atoms with Gasteiger partial charge in [-0.2, -0.15) is 11.8 Å². The lowest BCUT2D eigenvalue weighted by Crippen LogP contribution is -2.52. The zero-order chi connectivity index (χ0) is 14.5. The second-order valence-corrected chi connectivity index (χ2v) is 7.94. The minimum absolute atomic E-state index is 0.0367. The Morgan fingerprint density at radius 1 is 1.05 bits per heavy atom. The molecule has 4 nitrogen and oxygen atoms in total. The molecule has 21 heavy (non-hydrogen) atoms. The molecule has 1 spiro atoms. The van der Waals surface area contributed by atoms with E-state index in [0.717, 1.165) is 44.5 Å². The predicted octanol–water partition coefficient (Wildman–Crippen LogP) is 3.06. The van der Waals surface area contributed by atoms with Gasteiger partial charge < -0.3 is 15.4 Å². The van der Waals surface area contributed by atoms with Crippen LogP contribution in [-0.2, 0) is 4.74 Å². The largest absolute Gasteiger partial charge is 0.374 e. The molecule has 2 amide bonds. The molecule has 0 bridgehead atoms. The molecule has 2 aliphatic heterocycles. The van der Waals surface area contributed by atoms with E-state index in [0.29, 0.717) is 6.04 Å². The molecule has 0 aromatic carbocycles. The lowest BCUT2D eigenvalue weighted by atomic mass is 9.90. The van der Waals surface area contributed by atoms with E-state index in [4.69, 9.17) is 4.74 Å². The lowest BCUT2D eigenvalue weighted by Gasteiger charge is -2.38. The number of carbonyl (C=O) groups excluding carboxylic acids is 1. The van der Waals surface area contributed by atoms with Crippen molar-refractivity contribution in [2.75, 3.05) is 18.1 Å². The van der Waals surface area contributed by atoms with E-state index < -0.39 is 0 Å². The SMILES string of the molecule is O=C(NC1CCCCCC1)N[C@H]1CCO[C@]2(CCSC2)C1. The predicted molar refractivity (Wildman–Crippen MR) is 86.8 cm³/mol. The summed E-state index contributed by atoms with van der Waals surface area (Å²) in [7, 11) is 0. The van der Waals surface area contributed by atoms with Crippen LogP contribution in [0.5, 0.6) is 0 Å². The fraction of sp³-hybridized carbons (Fsp3) is 0.938. The van der Waals surface area contributed by atoms with Crippen molar-refractivity contribution in [3.05, 3.63) is 0 Å². The van der Waals surface area contributed by atoms with Crippen LogP contribution in [0.4, 0.5) is 4.79 Å². The van der Waals surface area contributed by atoms with Gasteiger partial charge in [0.15, 0.2) is 0 Å². The average molecular weight is 312 g/mol. The molecule has 0 radical (unpaired) electrons. The molecular weight excluding hydrogens is 284 g/mol. The molecule has 2 heterocycles. The Labute approximate surface area is 132 Å². The molecule has 3 aliphatic rings. The summed E-state index contributed by atoms with van der Waals surface area (Å²) >= 11 is 1.98. The number of urea groups is 1. The summed E-state index contributed by atoms with van der Waals surface area (Å²) in [6.07, 6.45) is 10.5. The Bertz CT molecular complexity index is 350. The van der Waals surface area contributed by atoms with Gasteiger partial charge in [-0.1, -0.05) is 25.7 Å². The summed E-state index contributed by atoms with van der Waals surface area (Å²) in [5, 5.41) is 6.39. The number of hydrogen-bond acceptors (Lipinski definition) is 3. The molecular formula is C16H28N2O2S. The van der Waals surface area contributed by atoms with Crippen LogP contribution in [0.1, 0.15) is 57.8 Å². The van der Waals surface area contributed by atoms with Crippen LogP contribution in [0.2, 0.25) is 0 Å². The maximum atomic E-state index is 12.2. The molecule has 0 aromatic rings. The van der Waals surface area contributed by atoms with Gasteiger partial charge in [0.05, 0.1) is 5.60 Å². The van der Waals surface area contributed by atoms with E-state index in [1.165, 1.54) is 31.4 Å². The van der Waals surface area contributed by atoms with Gasteiger partial charge in [-0.15, -0.1) is 0 Å². The summed E-state index contributed by atoms with van der Waals surface area (Å²) in [5.74, 6) is 2.29. The number of hydrogen-bond donors (Lipinski definition) is 2. The highest BCUT2D eigenvalue weighted by molar-refractivity contribution is 7.99. The van der Waals surface area contributed by atoms with E-state index in [9.17, 15) is 4.79 Å². The third kappa shape index (κ3) is 4.28. The molecule has 2 atom stereocenters. The molecule has 120 valence electrons. The van der Waals surface area contributed by atoms with Gasteiger partial charge >= 0.3 is 6.03 Å². The number of rotatable bonds is 2. The van der Waals surface area contributed by atoms with Crippen LogP contribution in [0.3, 0.4) is 0 Å². The zero-order valence-electron chi connectivity index (χ0n) is 12.9. The van der Waals surface area contributed by atoms with Crippen molar-refractivity contribution in [1.82, 2.24) is 10.6 Å². The van der Waals surface area contributed by atoms with Crippen molar-refractivity contribution in [1.29, 1.82) is 0 Å². The molecule has 2 N–H and O–H groups in total. The monoisotopic (exact) mass is 312 g/mol. The Hall–Kier alpha value is -0.420. The maximum absolute atomic E-state index is 12.2. The molecule has 3 fully saturated rings. The normalized spacial score (nSPS) is 34.6. The first-order valence-corrected chi connectivity index (χ1v) is 9.70. The summed E-state index contributed by atoms with van der Waals surface area (Å²) in [6, 6.07) is 0.696. The van der Waals surface area contributed by atoms with E-state index in [2.05, 4.69) is 10.6 Å². The number of amides is 2. The van der Waals surface area contributed by atoms with Crippen molar-refractivity contribution in [3.8, 4) is 0 Å². The third-order valence-corrected chi connectivity index (χ3v) is 6.31. The highest BCUT2D eigenvalue weighted by Gasteiger charge is 2.40. The number of ether oxygens (including phenoxy) is 1. The third-order valence-electron chi connectivity index (χ3n) is 5.09. The topological polar surface area (TPSA) is 50.4 Å². The van der Waals surface area contributed by atoms with Gasteiger partial charge in [-0.3, -0.25) is 0 Å². The second-order valence-electron chi connectivity index (χ2n) is 6.83. The molecule has 3 rings (SSSR count). The van der Waals surface area contributed by atoms with Crippen LogP contribution in [0.25, 0.3) is 0 Å². The fourth-order valence-electron chi connectivity index (χ4n) is 3.85. The molecule has 1 aliphatic carbocycles. The highest BCUT2D eigenvalue weighted by Crippen LogP contribution is 2.38. The Balaban J connectivity index is 1.45. The van der Waals surface area contributed by atoms with Gasteiger partial charge in [0, 0.05) is 24.4 Å². The first kappa shape index (κ1) is 15.5. The van der Waals surface area contributed by atoms with Gasteiger partial charge in [-0.05, 0) is 37.9 Å². The summed E-state index contributed by atoms with van der Waals surface area (Å²) < 4.78 is 6.01. The first-order valence-electron chi connectivity index (χ1n) is 8.55. The van der Waals surface area contributed by atoms with E-state index in [1.807, 2.05) is 11.8 Å². The van der Waals surface area contributed by atoms with Crippen molar-refractivity contribution >= 4 is 17.8 Å². The molecule has 1 saturated carbocycles. The fourth-order valence-corrected chi connectivity index (χ4v) is 5.23. The smallest absolute Gasteiger partial charge is 0.315 e. The minimum Gasteiger partial charge on any atom is -0.374 e. The highest BCUT2D eigenvalue weighted by atomic mass is 32.2. The molecule has 2 saturated heterocycles. The Morgan fingerprint density at radius 2 is 1.81 bits per heavy atom. The summed E-state index contributed by atoms with van der Waals surface area (Å²) in [4.78, 5) is 12.2. The Morgan fingerprint density at radius 3 is 2.52 bits per heavy atom. The quantitative estimate of drug-likeness (QED) is 0.771. The number of thioether (sulfide) groups is 1. The summed E-state index contributed by atoms with van der Waals surface area (Å²) in [5.41, 5.74) is 0.0448. The van der Waals surface area contributed by atoms with Crippen LogP contribution < -0.4 is 10.6 Å². The minimum atomic E-state index is 0.0367. The van der Waals surface area contributed by atoms with Crippen LogP contribution in [0, 0.1) is 0 Å². The number of nitrogens with one attached hydrogen (secondary N) is 2. The first-order chi connectivity index (χ1) is 10.3. The lowest BCUT2D eigenvalue weighted by molar-refractivity contribution is -0.0684. The maximum Gasteiger partial charge on any atom is 0.315 e. The van der Waals surface area contributed by atoms with E-state index in [1.54, 1.807) is 0 Å². The second kappa shape index (κ2) is 7.23. The van der Waals surface area contributed by atoms with Gasteiger partial charge in [0.1, 0.15) is 0 Å². The van der Waals surface area contributed by atoms with Crippen LogP contribution in [0.15, 0.2) is 0 Å². The molecule has 0 aromatic heterocycles. The van der Waals surface area contributed by atoms with Crippen molar-refractivity contribution in [3.63, 3.8) is 0 Å². The van der Waals surface area contributed by atoms with Crippen LogP contribution in [-0.4, -0.2) is 41.8 Å². The average Bonchev–Trinajstić information content (AvgIpc) is 2.74.